The Labute approximate surface area is 143 Å². The van der Waals surface area contributed by atoms with Gasteiger partial charge >= 0.3 is 0 Å². The van der Waals surface area contributed by atoms with E-state index in [2.05, 4.69) is 30.8 Å². The molecule has 2 aromatic rings. The van der Waals surface area contributed by atoms with Crippen LogP contribution in [0.1, 0.15) is 6.42 Å². The lowest BCUT2D eigenvalue weighted by molar-refractivity contribution is 0.0357. The largest absolute Gasteiger partial charge is 0.493 e. The maximum atomic E-state index is 5.92. The molecule has 3 rings (SSSR count). The number of fused-ring (bicyclic) bond motifs is 1. The Morgan fingerprint density at radius 1 is 1.22 bits per heavy atom. The van der Waals surface area contributed by atoms with Crippen LogP contribution < -0.4 is 9.47 Å². The molecule has 7 heteroatoms. The van der Waals surface area contributed by atoms with E-state index in [1.165, 1.54) is 6.33 Å². The van der Waals surface area contributed by atoms with Crippen molar-refractivity contribution < 1.29 is 14.2 Å². The lowest BCUT2D eigenvalue weighted by atomic mass is 10.2. The van der Waals surface area contributed by atoms with E-state index in [9.17, 15) is 0 Å². The molecule has 1 fully saturated rings. The molecule has 0 atom stereocenters. The van der Waals surface area contributed by atoms with Gasteiger partial charge in [-0.05, 0) is 28.4 Å². The average molecular weight is 382 g/mol. The Morgan fingerprint density at radius 3 is 2.83 bits per heavy atom. The van der Waals surface area contributed by atoms with Gasteiger partial charge in [0.1, 0.15) is 10.9 Å². The summed E-state index contributed by atoms with van der Waals surface area (Å²) in [5.41, 5.74) is 0.824. The van der Waals surface area contributed by atoms with Crippen LogP contribution in [0.15, 0.2) is 23.1 Å². The fourth-order valence-corrected chi connectivity index (χ4v) is 3.01. The van der Waals surface area contributed by atoms with Crippen LogP contribution >= 0.6 is 15.9 Å². The third-order valence-electron chi connectivity index (χ3n) is 3.85. The van der Waals surface area contributed by atoms with Crippen molar-refractivity contribution in [1.82, 2.24) is 14.9 Å². The predicted molar refractivity (Wildman–Crippen MR) is 91.2 cm³/mol. The molecule has 1 aliphatic rings. The van der Waals surface area contributed by atoms with Crippen molar-refractivity contribution in [2.24, 2.45) is 0 Å². The molecule has 124 valence electrons. The van der Waals surface area contributed by atoms with Gasteiger partial charge in [-0.25, -0.2) is 9.97 Å². The van der Waals surface area contributed by atoms with E-state index in [0.717, 1.165) is 60.5 Å². The molecule has 1 aliphatic heterocycles. The van der Waals surface area contributed by atoms with E-state index < -0.39 is 0 Å². The zero-order valence-corrected chi connectivity index (χ0v) is 14.7. The van der Waals surface area contributed by atoms with Crippen molar-refractivity contribution in [2.75, 3.05) is 46.6 Å². The summed E-state index contributed by atoms with van der Waals surface area (Å²) in [5.74, 6) is 1.41. The number of halogens is 1. The molecule has 0 radical (unpaired) electrons. The Bertz CT molecular complexity index is 662. The monoisotopic (exact) mass is 381 g/mol. The van der Waals surface area contributed by atoms with Crippen molar-refractivity contribution in [3.05, 3.63) is 23.1 Å². The van der Waals surface area contributed by atoms with Gasteiger partial charge in [0.2, 0.25) is 0 Å². The molecule has 1 aromatic carbocycles. The minimum Gasteiger partial charge on any atom is -0.493 e. The SMILES string of the molecule is COc1cc2ncnc(Br)c2cc1OCCCN1CCOCC1. The quantitative estimate of drug-likeness (QED) is 0.565. The number of hydrogen-bond donors (Lipinski definition) is 0. The number of morpholine rings is 1. The fraction of sp³-hybridized carbons (Fsp3) is 0.500. The lowest BCUT2D eigenvalue weighted by Crippen LogP contribution is -2.37. The molecule has 0 spiro atoms. The van der Waals surface area contributed by atoms with Crippen molar-refractivity contribution in [1.29, 1.82) is 0 Å². The highest BCUT2D eigenvalue weighted by atomic mass is 79.9. The third kappa shape index (κ3) is 4.10. The van der Waals surface area contributed by atoms with Crippen molar-refractivity contribution >= 4 is 26.8 Å². The van der Waals surface area contributed by atoms with Crippen molar-refractivity contribution in [3.63, 3.8) is 0 Å². The number of aromatic nitrogens is 2. The first-order valence-electron chi connectivity index (χ1n) is 7.69. The second-order valence-electron chi connectivity index (χ2n) is 5.34. The molecule has 0 bridgehead atoms. The number of hydrogen-bond acceptors (Lipinski definition) is 6. The van der Waals surface area contributed by atoms with Gasteiger partial charge in [-0.15, -0.1) is 0 Å². The van der Waals surface area contributed by atoms with Crippen LogP contribution in [-0.4, -0.2) is 61.4 Å². The van der Waals surface area contributed by atoms with Crippen molar-refractivity contribution in [2.45, 2.75) is 6.42 Å². The van der Waals surface area contributed by atoms with Gasteiger partial charge in [-0.1, -0.05) is 0 Å². The molecule has 23 heavy (non-hydrogen) atoms. The third-order valence-corrected chi connectivity index (χ3v) is 4.48. The van der Waals surface area contributed by atoms with Crippen LogP contribution in [0.25, 0.3) is 10.9 Å². The van der Waals surface area contributed by atoms with E-state index in [1.807, 2.05) is 12.1 Å². The van der Waals surface area contributed by atoms with Gasteiger partial charge in [0.25, 0.3) is 0 Å². The normalized spacial score (nSPS) is 15.7. The molecule has 0 N–H and O–H groups in total. The summed E-state index contributed by atoms with van der Waals surface area (Å²) >= 11 is 3.45. The Kier molecular flexibility index (Phi) is 5.64. The van der Waals surface area contributed by atoms with Crippen LogP contribution in [0.3, 0.4) is 0 Å². The molecule has 6 nitrogen and oxygen atoms in total. The van der Waals surface area contributed by atoms with Crippen LogP contribution in [0.5, 0.6) is 11.5 Å². The number of ether oxygens (including phenoxy) is 3. The van der Waals surface area contributed by atoms with E-state index in [-0.39, 0.29) is 0 Å². The standard InChI is InChI=1S/C16H20BrN3O3/c1-21-14-10-13-12(16(17)19-11-18-13)9-15(14)23-6-2-3-20-4-7-22-8-5-20/h9-11H,2-8H2,1H3. The number of benzene rings is 1. The first-order valence-corrected chi connectivity index (χ1v) is 8.48. The summed E-state index contributed by atoms with van der Waals surface area (Å²) in [6, 6.07) is 3.80. The van der Waals surface area contributed by atoms with E-state index in [1.54, 1.807) is 7.11 Å². The zero-order chi connectivity index (χ0) is 16.1. The molecule has 0 amide bonds. The first-order chi connectivity index (χ1) is 11.3. The molecule has 0 saturated carbocycles. The lowest BCUT2D eigenvalue weighted by Gasteiger charge is -2.26. The molecule has 2 heterocycles. The summed E-state index contributed by atoms with van der Waals surface area (Å²) in [6.07, 6.45) is 2.49. The topological polar surface area (TPSA) is 56.7 Å². The fourth-order valence-electron chi connectivity index (χ4n) is 2.60. The zero-order valence-electron chi connectivity index (χ0n) is 13.1. The predicted octanol–water partition coefficient (Wildman–Crippen LogP) is 2.50. The van der Waals surface area contributed by atoms with Crippen LogP contribution in [0, 0.1) is 0 Å². The van der Waals surface area contributed by atoms with Gasteiger partial charge in [-0.3, -0.25) is 4.90 Å². The highest BCUT2D eigenvalue weighted by Crippen LogP contribution is 2.33. The Hall–Kier alpha value is -1.44. The van der Waals surface area contributed by atoms with Crippen molar-refractivity contribution in [3.8, 4) is 11.5 Å². The van der Waals surface area contributed by atoms with E-state index in [4.69, 9.17) is 14.2 Å². The summed E-state index contributed by atoms with van der Waals surface area (Å²) in [5, 5.41) is 0.913. The second kappa shape index (κ2) is 7.90. The molecule has 1 saturated heterocycles. The highest BCUT2D eigenvalue weighted by Gasteiger charge is 2.12. The Balaban J connectivity index is 1.63. The van der Waals surface area contributed by atoms with E-state index >= 15 is 0 Å². The molecular formula is C16H20BrN3O3. The minimum absolute atomic E-state index is 0.643. The number of nitrogens with zero attached hydrogens (tertiary/aromatic N) is 3. The van der Waals surface area contributed by atoms with E-state index in [0.29, 0.717) is 12.4 Å². The maximum Gasteiger partial charge on any atom is 0.162 e. The van der Waals surface area contributed by atoms with Gasteiger partial charge in [0.05, 0.1) is 32.4 Å². The van der Waals surface area contributed by atoms with Gasteiger partial charge in [0, 0.05) is 31.1 Å². The number of rotatable bonds is 6. The average Bonchev–Trinajstić information content (AvgIpc) is 2.59. The highest BCUT2D eigenvalue weighted by molar-refractivity contribution is 9.10. The molecule has 1 aromatic heterocycles. The first kappa shape index (κ1) is 16.4. The summed E-state index contributed by atoms with van der Waals surface area (Å²) in [7, 11) is 1.64. The van der Waals surface area contributed by atoms with Gasteiger partial charge in [0.15, 0.2) is 11.5 Å². The second-order valence-corrected chi connectivity index (χ2v) is 6.09. The van der Waals surface area contributed by atoms with Crippen LogP contribution in [-0.2, 0) is 4.74 Å². The molecule has 0 unspecified atom stereocenters. The van der Waals surface area contributed by atoms with Gasteiger partial charge < -0.3 is 14.2 Å². The van der Waals surface area contributed by atoms with Gasteiger partial charge in [-0.2, -0.15) is 0 Å². The summed E-state index contributed by atoms with van der Waals surface area (Å²) in [6.45, 7) is 5.32. The minimum atomic E-state index is 0.643. The summed E-state index contributed by atoms with van der Waals surface area (Å²) < 4.78 is 17.4. The number of methoxy groups -OCH3 is 1. The summed E-state index contributed by atoms with van der Waals surface area (Å²) in [4.78, 5) is 10.8. The molecular weight excluding hydrogens is 362 g/mol. The maximum absolute atomic E-state index is 5.92. The Morgan fingerprint density at radius 2 is 2.04 bits per heavy atom. The van der Waals surface area contributed by atoms with Crippen LogP contribution in [0.2, 0.25) is 0 Å². The smallest absolute Gasteiger partial charge is 0.162 e. The molecule has 0 aliphatic carbocycles. The van der Waals surface area contributed by atoms with Crippen LogP contribution in [0.4, 0.5) is 0 Å².